The molecular weight excluding hydrogens is 414 g/mol. The molecule has 4 aromatic rings. The smallest absolute Gasteiger partial charge is 0.291 e. The summed E-state index contributed by atoms with van der Waals surface area (Å²) in [5.41, 5.74) is 3.92. The van der Waals surface area contributed by atoms with Crippen molar-refractivity contribution >= 4 is 35.3 Å². The molecule has 0 fully saturated rings. The summed E-state index contributed by atoms with van der Waals surface area (Å²) in [5, 5.41) is 14.4. The number of benzene rings is 3. The molecule has 0 bridgehead atoms. The van der Waals surface area contributed by atoms with Crippen molar-refractivity contribution in [1.82, 2.24) is 0 Å². The Hall–Kier alpha value is -4.89. The number of amides is 2. The maximum Gasteiger partial charge on any atom is 0.291 e. The van der Waals surface area contributed by atoms with Gasteiger partial charge in [0.25, 0.3) is 11.8 Å². The molecule has 3 aromatic carbocycles. The van der Waals surface area contributed by atoms with Gasteiger partial charge in [0.05, 0.1) is 29.1 Å². The molecule has 33 heavy (non-hydrogen) atoms. The Morgan fingerprint density at radius 2 is 1.42 bits per heavy atom. The molecule has 160 valence electrons. The molecule has 0 radical (unpaired) electrons. The highest BCUT2D eigenvalue weighted by Gasteiger charge is 2.15. The van der Waals surface area contributed by atoms with E-state index in [-0.39, 0.29) is 11.7 Å². The van der Waals surface area contributed by atoms with Crippen molar-refractivity contribution in [2.45, 2.75) is 0 Å². The minimum Gasteiger partial charge on any atom is -0.459 e. The molecular formula is C27H19N3O3. The van der Waals surface area contributed by atoms with Crippen LogP contribution in [0, 0.1) is 11.3 Å². The normalized spacial score (nSPS) is 10.5. The highest BCUT2D eigenvalue weighted by atomic mass is 16.3. The zero-order valence-corrected chi connectivity index (χ0v) is 17.5. The van der Waals surface area contributed by atoms with Crippen LogP contribution in [0.5, 0.6) is 0 Å². The lowest BCUT2D eigenvalue weighted by atomic mass is 10.1. The molecule has 0 aliphatic rings. The van der Waals surface area contributed by atoms with Gasteiger partial charge in [-0.05, 0) is 59.7 Å². The number of rotatable bonds is 6. The van der Waals surface area contributed by atoms with Gasteiger partial charge in [0.2, 0.25) is 0 Å². The van der Waals surface area contributed by atoms with Crippen LogP contribution >= 0.6 is 0 Å². The van der Waals surface area contributed by atoms with Crippen LogP contribution < -0.4 is 10.6 Å². The maximum atomic E-state index is 12.8. The first kappa shape index (κ1) is 21.3. The quantitative estimate of drug-likeness (QED) is 0.374. The largest absolute Gasteiger partial charge is 0.459 e. The third-order valence-corrected chi connectivity index (χ3v) is 4.84. The van der Waals surface area contributed by atoms with Gasteiger partial charge >= 0.3 is 0 Å². The molecule has 6 heteroatoms. The Bertz CT molecular complexity index is 1330. The maximum absolute atomic E-state index is 12.8. The van der Waals surface area contributed by atoms with Crippen LogP contribution in [0.25, 0.3) is 12.2 Å². The first-order chi connectivity index (χ1) is 16.1. The fourth-order valence-electron chi connectivity index (χ4n) is 3.12. The van der Waals surface area contributed by atoms with Gasteiger partial charge in [-0.2, -0.15) is 5.26 Å². The van der Waals surface area contributed by atoms with Crippen molar-refractivity contribution in [1.29, 1.82) is 5.26 Å². The second-order valence-corrected chi connectivity index (χ2v) is 7.12. The number of para-hydroxylation sites is 1. The van der Waals surface area contributed by atoms with Crippen LogP contribution in [0.3, 0.4) is 0 Å². The highest BCUT2D eigenvalue weighted by Crippen LogP contribution is 2.19. The molecule has 0 spiro atoms. The summed E-state index contributed by atoms with van der Waals surface area (Å²) < 4.78 is 5.10. The molecule has 0 aliphatic carbocycles. The van der Waals surface area contributed by atoms with Crippen molar-refractivity contribution in [3.05, 3.63) is 119 Å². The van der Waals surface area contributed by atoms with Gasteiger partial charge in [0.15, 0.2) is 5.76 Å². The Labute approximate surface area is 190 Å². The molecule has 0 aliphatic heterocycles. The number of furan rings is 1. The first-order valence-corrected chi connectivity index (χ1v) is 10.2. The van der Waals surface area contributed by atoms with E-state index in [1.807, 2.05) is 36.4 Å². The molecule has 6 nitrogen and oxygen atoms in total. The summed E-state index contributed by atoms with van der Waals surface area (Å²) in [7, 11) is 0. The fourth-order valence-corrected chi connectivity index (χ4v) is 3.12. The number of anilines is 2. The molecule has 0 saturated heterocycles. The van der Waals surface area contributed by atoms with Gasteiger partial charge in [0, 0.05) is 5.69 Å². The van der Waals surface area contributed by atoms with Gasteiger partial charge in [0.1, 0.15) is 0 Å². The number of hydrogen-bond donors (Lipinski definition) is 2. The summed E-state index contributed by atoms with van der Waals surface area (Å²) in [5.74, 6) is -0.611. The predicted octanol–water partition coefficient (Wildman–Crippen LogP) is 5.83. The lowest BCUT2D eigenvalue weighted by Crippen LogP contribution is -2.18. The monoisotopic (exact) mass is 433 g/mol. The van der Waals surface area contributed by atoms with Crippen LogP contribution in [-0.4, -0.2) is 11.8 Å². The molecule has 0 unspecified atom stereocenters. The van der Waals surface area contributed by atoms with Crippen LogP contribution in [0.4, 0.5) is 11.4 Å². The Balaban J connectivity index is 1.42. The van der Waals surface area contributed by atoms with E-state index in [0.717, 1.165) is 11.1 Å². The Kier molecular flexibility index (Phi) is 6.43. The summed E-state index contributed by atoms with van der Waals surface area (Å²) in [6, 6.07) is 26.7. The minimum atomic E-state index is -0.432. The average Bonchev–Trinajstić information content (AvgIpc) is 3.39. The van der Waals surface area contributed by atoms with Crippen molar-refractivity contribution in [3.8, 4) is 6.07 Å². The second kappa shape index (κ2) is 9.94. The fraction of sp³-hybridized carbons (Fsp3) is 0. The third kappa shape index (κ3) is 5.43. The molecule has 2 N–H and O–H groups in total. The highest BCUT2D eigenvalue weighted by molar-refractivity contribution is 6.12. The third-order valence-electron chi connectivity index (χ3n) is 4.84. The molecule has 1 aromatic heterocycles. The van der Waals surface area contributed by atoms with E-state index in [2.05, 4.69) is 16.7 Å². The van der Waals surface area contributed by atoms with Gasteiger partial charge in [-0.25, -0.2) is 0 Å². The number of nitriles is 1. The molecule has 0 saturated carbocycles. The number of carbonyl (C=O) groups excluding carboxylic acids is 2. The van der Waals surface area contributed by atoms with Gasteiger partial charge in [-0.3, -0.25) is 9.59 Å². The van der Waals surface area contributed by atoms with Gasteiger partial charge in [-0.15, -0.1) is 0 Å². The standard InChI is InChI=1S/C27H19N3O3/c28-18-21-11-9-19(10-12-21)7-8-20-13-15-22(16-14-20)29-26(31)23-4-1-2-5-24(23)30-27(32)25-6-3-17-33-25/h1-17H,(H,29,31)(H,30,32)/b8-7+. The Morgan fingerprint density at radius 3 is 2.06 bits per heavy atom. The van der Waals surface area contributed by atoms with Crippen molar-refractivity contribution in [2.24, 2.45) is 0 Å². The van der Waals surface area contributed by atoms with Crippen LogP contribution in [0.15, 0.2) is 95.6 Å². The predicted molar refractivity (Wildman–Crippen MR) is 128 cm³/mol. The van der Waals surface area contributed by atoms with E-state index in [0.29, 0.717) is 22.5 Å². The zero-order chi connectivity index (χ0) is 23.0. The summed E-state index contributed by atoms with van der Waals surface area (Å²) >= 11 is 0. The lowest BCUT2D eigenvalue weighted by molar-refractivity contribution is 0.0996. The molecule has 0 atom stereocenters. The Morgan fingerprint density at radius 1 is 0.758 bits per heavy atom. The van der Waals surface area contributed by atoms with Gasteiger partial charge < -0.3 is 15.1 Å². The van der Waals surface area contributed by atoms with Gasteiger partial charge in [-0.1, -0.05) is 48.6 Å². The van der Waals surface area contributed by atoms with Crippen LogP contribution in [-0.2, 0) is 0 Å². The summed E-state index contributed by atoms with van der Waals surface area (Å²) in [4.78, 5) is 25.1. The summed E-state index contributed by atoms with van der Waals surface area (Å²) in [6.45, 7) is 0. The van der Waals surface area contributed by atoms with E-state index >= 15 is 0 Å². The van der Waals surface area contributed by atoms with E-state index in [1.165, 1.54) is 6.26 Å². The number of hydrogen-bond acceptors (Lipinski definition) is 4. The van der Waals surface area contributed by atoms with E-state index in [9.17, 15) is 9.59 Å². The van der Waals surface area contributed by atoms with E-state index in [4.69, 9.17) is 9.68 Å². The molecule has 2 amide bonds. The zero-order valence-electron chi connectivity index (χ0n) is 17.5. The molecule has 4 rings (SSSR count). The average molecular weight is 433 g/mol. The number of nitrogens with one attached hydrogen (secondary N) is 2. The first-order valence-electron chi connectivity index (χ1n) is 10.2. The SMILES string of the molecule is N#Cc1ccc(/C=C/c2ccc(NC(=O)c3ccccc3NC(=O)c3ccco3)cc2)cc1. The van der Waals surface area contributed by atoms with Crippen LogP contribution in [0.2, 0.25) is 0 Å². The van der Waals surface area contributed by atoms with Crippen molar-refractivity contribution in [3.63, 3.8) is 0 Å². The van der Waals surface area contributed by atoms with Crippen molar-refractivity contribution < 1.29 is 14.0 Å². The van der Waals surface area contributed by atoms with E-state index < -0.39 is 5.91 Å². The minimum absolute atomic E-state index is 0.162. The molecule has 1 heterocycles. The summed E-state index contributed by atoms with van der Waals surface area (Å²) in [6.07, 6.45) is 5.32. The lowest BCUT2D eigenvalue weighted by Gasteiger charge is -2.11. The van der Waals surface area contributed by atoms with Crippen molar-refractivity contribution in [2.75, 3.05) is 10.6 Å². The van der Waals surface area contributed by atoms with E-state index in [1.54, 1.807) is 60.7 Å². The van der Waals surface area contributed by atoms with Crippen LogP contribution in [0.1, 0.15) is 37.6 Å². The number of nitrogens with zero attached hydrogens (tertiary/aromatic N) is 1. The number of carbonyl (C=O) groups is 2. The second-order valence-electron chi connectivity index (χ2n) is 7.12. The topological polar surface area (TPSA) is 95.1 Å².